The first-order valence-electron chi connectivity index (χ1n) is 5.45. The molecule has 1 aromatic carbocycles. The molecule has 0 bridgehead atoms. The highest BCUT2D eigenvalue weighted by Crippen LogP contribution is 2.11. The number of aryl methyl sites for hydroxylation is 1. The molecule has 3 heteroatoms. The zero-order chi connectivity index (χ0) is 10.7. The summed E-state index contributed by atoms with van der Waals surface area (Å²) in [4.78, 5) is 0. The number of benzene rings is 1. The molecular weight excluding hydrogens is 191 g/mol. The van der Waals surface area contributed by atoms with Crippen molar-refractivity contribution in [1.82, 2.24) is 10.6 Å². The summed E-state index contributed by atoms with van der Waals surface area (Å²) in [5.74, 6) is -0.117. The second-order valence-corrected chi connectivity index (χ2v) is 4.14. The van der Waals surface area contributed by atoms with E-state index in [-0.39, 0.29) is 5.82 Å². The maximum absolute atomic E-state index is 13.0. The monoisotopic (exact) mass is 208 g/mol. The van der Waals surface area contributed by atoms with Crippen LogP contribution in [0.25, 0.3) is 0 Å². The number of piperazine rings is 1. The topological polar surface area (TPSA) is 24.1 Å². The Morgan fingerprint density at radius 3 is 2.93 bits per heavy atom. The van der Waals surface area contributed by atoms with E-state index in [1.165, 1.54) is 5.56 Å². The van der Waals surface area contributed by atoms with E-state index in [2.05, 4.69) is 10.6 Å². The predicted molar refractivity (Wildman–Crippen MR) is 59.5 cm³/mol. The third-order valence-corrected chi connectivity index (χ3v) is 2.83. The molecule has 82 valence electrons. The van der Waals surface area contributed by atoms with Crippen LogP contribution < -0.4 is 10.6 Å². The maximum atomic E-state index is 13.0. The van der Waals surface area contributed by atoms with Gasteiger partial charge in [0.15, 0.2) is 0 Å². The average Bonchev–Trinajstić information content (AvgIpc) is 2.25. The lowest BCUT2D eigenvalue weighted by Crippen LogP contribution is -2.49. The minimum absolute atomic E-state index is 0.117. The van der Waals surface area contributed by atoms with E-state index >= 15 is 0 Å². The maximum Gasteiger partial charge on any atom is 0.126 e. The fourth-order valence-corrected chi connectivity index (χ4v) is 1.98. The van der Waals surface area contributed by atoms with Gasteiger partial charge in [-0.15, -0.1) is 0 Å². The van der Waals surface area contributed by atoms with Crippen LogP contribution in [0.1, 0.15) is 11.1 Å². The van der Waals surface area contributed by atoms with Crippen LogP contribution in [0.3, 0.4) is 0 Å². The van der Waals surface area contributed by atoms with Crippen LogP contribution in [0, 0.1) is 12.7 Å². The van der Waals surface area contributed by atoms with Gasteiger partial charge in [0.2, 0.25) is 0 Å². The molecule has 1 atom stereocenters. The second kappa shape index (κ2) is 4.73. The van der Waals surface area contributed by atoms with Crippen LogP contribution in [0.4, 0.5) is 4.39 Å². The molecule has 2 N–H and O–H groups in total. The Kier molecular flexibility index (Phi) is 3.34. The van der Waals surface area contributed by atoms with Gasteiger partial charge in [-0.1, -0.05) is 12.1 Å². The average molecular weight is 208 g/mol. The molecule has 15 heavy (non-hydrogen) atoms. The quantitative estimate of drug-likeness (QED) is 0.764. The van der Waals surface area contributed by atoms with Crippen molar-refractivity contribution >= 4 is 0 Å². The highest BCUT2D eigenvalue weighted by Gasteiger charge is 2.12. The van der Waals surface area contributed by atoms with Gasteiger partial charge in [0.25, 0.3) is 0 Å². The van der Waals surface area contributed by atoms with E-state index in [0.29, 0.717) is 6.04 Å². The molecule has 0 aliphatic carbocycles. The number of hydrogen-bond donors (Lipinski definition) is 2. The van der Waals surface area contributed by atoms with Crippen molar-refractivity contribution < 1.29 is 4.39 Å². The summed E-state index contributed by atoms with van der Waals surface area (Å²) in [7, 11) is 0. The van der Waals surface area contributed by atoms with Crippen LogP contribution in [-0.2, 0) is 6.42 Å². The first-order valence-corrected chi connectivity index (χ1v) is 5.45. The molecular formula is C12H17FN2. The Morgan fingerprint density at radius 1 is 1.40 bits per heavy atom. The Bertz CT molecular complexity index is 332. The van der Waals surface area contributed by atoms with Gasteiger partial charge in [-0.3, -0.25) is 0 Å². The third kappa shape index (κ3) is 2.76. The van der Waals surface area contributed by atoms with Crippen molar-refractivity contribution in [3.05, 3.63) is 35.1 Å². The Hall–Kier alpha value is -0.930. The van der Waals surface area contributed by atoms with Gasteiger partial charge in [-0.25, -0.2) is 4.39 Å². The summed E-state index contributed by atoms with van der Waals surface area (Å²) in [6, 6.07) is 5.84. The van der Waals surface area contributed by atoms with E-state index in [4.69, 9.17) is 0 Å². The van der Waals surface area contributed by atoms with E-state index in [1.54, 1.807) is 6.07 Å². The zero-order valence-corrected chi connectivity index (χ0v) is 9.02. The van der Waals surface area contributed by atoms with Crippen LogP contribution in [0.2, 0.25) is 0 Å². The van der Waals surface area contributed by atoms with Crippen molar-refractivity contribution in [3.63, 3.8) is 0 Å². The molecule has 1 aliphatic rings. The zero-order valence-electron chi connectivity index (χ0n) is 9.02. The highest BCUT2D eigenvalue weighted by molar-refractivity contribution is 5.24. The van der Waals surface area contributed by atoms with Gasteiger partial charge in [0.05, 0.1) is 0 Å². The van der Waals surface area contributed by atoms with E-state index < -0.39 is 0 Å². The first kappa shape index (κ1) is 10.6. The summed E-state index contributed by atoms with van der Waals surface area (Å²) in [5.41, 5.74) is 1.94. The SMILES string of the molecule is Cc1cc(CC2CNCCN2)ccc1F. The van der Waals surface area contributed by atoms with Crippen molar-refractivity contribution in [2.24, 2.45) is 0 Å². The molecule has 1 heterocycles. The Morgan fingerprint density at radius 2 is 2.27 bits per heavy atom. The van der Waals surface area contributed by atoms with Crippen molar-refractivity contribution in [1.29, 1.82) is 0 Å². The number of hydrogen-bond acceptors (Lipinski definition) is 2. The molecule has 0 saturated carbocycles. The molecule has 1 aliphatic heterocycles. The standard InChI is InChI=1S/C12H17FN2/c1-9-6-10(2-3-12(9)13)7-11-8-14-4-5-15-11/h2-3,6,11,14-15H,4-5,7-8H2,1H3. The van der Waals surface area contributed by atoms with E-state index in [0.717, 1.165) is 31.6 Å². The normalized spacial score (nSPS) is 21.6. The number of halogens is 1. The lowest BCUT2D eigenvalue weighted by Gasteiger charge is -2.24. The highest BCUT2D eigenvalue weighted by atomic mass is 19.1. The molecule has 1 saturated heterocycles. The smallest absolute Gasteiger partial charge is 0.126 e. The molecule has 1 fully saturated rings. The van der Waals surface area contributed by atoms with Gasteiger partial charge >= 0.3 is 0 Å². The summed E-state index contributed by atoms with van der Waals surface area (Å²) in [6.45, 7) is 4.87. The lowest BCUT2D eigenvalue weighted by atomic mass is 10.0. The number of rotatable bonds is 2. The van der Waals surface area contributed by atoms with Crippen LogP contribution in [0.15, 0.2) is 18.2 Å². The minimum atomic E-state index is -0.117. The molecule has 0 aromatic heterocycles. The predicted octanol–water partition coefficient (Wildman–Crippen LogP) is 1.24. The first-order chi connectivity index (χ1) is 7.25. The molecule has 1 unspecified atom stereocenters. The second-order valence-electron chi connectivity index (χ2n) is 4.14. The summed E-state index contributed by atoms with van der Waals surface area (Å²) in [6.07, 6.45) is 0.966. The van der Waals surface area contributed by atoms with Crippen LogP contribution in [0.5, 0.6) is 0 Å². The lowest BCUT2D eigenvalue weighted by molar-refractivity contribution is 0.416. The van der Waals surface area contributed by atoms with Crippen molar-refractivity contribution in [3.8, 4) is 0 Å². The molecule has 2 rings (SSSR count). The fraction of sp³-hybridized carbons (Fsp3) is 0.500. The summed E-state index contributed by atoms with van der Waals surface area (Å²) < 4.78 is 13.0. The molecule has 0 radical (unpaired) electrons. The molecule has 0 amide bonds. The molecule has 2 nitrogen and oxygen atoms in total. The van der Waals surface area contributed by atoms with Crippen LogP contribution in [-0.4, -0.2) is 25.7 Å². The fourth-order valence-electron chi connectivity index (χ4n) is 1.98. The molecule has 1 aromatic rings. The van der Waals surface area contributed by atoms with Crippen LogP contribution >= 0.6 is 0 Å². The van der Waals surface area contributed by atoms with Crippen molar-refractivity contribution in [2.75, 3.05) is 19.6 Å². The third-order valence-electron chi connectivity index (χ3n) is 2.83. The van der Waals surface area contributed by atoms with E-state index in [9.17, 15) is 4.39 Å². The number of nitrogens with one attached hydrogen (secondary N) is 2. The van der Waals surface area contributed by atoms with Gasteiger partial charge < -0.3 is 10.6 Å². The Balaban J connectivity index is 2.00. The minimum Gasteiger partial charge on any atom is -0.314 e. The van der Waals surface area contributed by atoms with Crippen molar-refractivity contribution in [2.45, 2.75) is 19.4 Å². The van der Waals surface area contributed by atoms with Gasteiger partial charge in [0.1, 0.15) is 5.82 Å². The van der Waals surface area contributed by atoms with Gasteiger partial charge in [-0.05, 0) is 30.5 Å². The van der Waals surface area contributed by atoms with Gasteiger partial charge in [-0.2, -0.15) is 0 Å². The largest absolute Gasteiger partial charge is 0.314 e. The Labute approximate surface area is 89.9 Å². The molecule has 0 spiro atoms. The van der Waals surface area contributed by atoms with E-state index in [1.807, 2.05) is 19.1 Å². The van der Waals surface area contributed by atoms with Gasteiger partial charge in [0, 0.05) is 25.7 Å². The summed E-state index contributed by atoms with van der Waals surface area (Å²) >= 11 is 0. The summed E-state index contributed by atoms with van der Waals surface area (Å²) in [5, 5.41) is 6.79.